The van der Waals surface area contributed by atoms with Crippen LogP contribution in [0.4, 0.5) is 4.39 Å². The van der Waals surface area contributed by atoms with Gasteiger partial charge >= 0.3 is 0 Å². The van der Waals surface area contributed by atoms with E-state index in [2.05, 4.69) is 0 Å². The summed E-state index contributed by atoms with van der Waals surface area (Å²) in [7, 11) is -4.39. The number of phenols is 1. The minimum Gasteiger partial charge on any atom is -0.505 e. The Bertz CT molecular complexity index is 1620. The first kappa shape index (κ1) is 29.7. The van der Waals surface area contributed by atoms with E-state index in [1.807, 2.05) is 44.2 Å². The second kappa shape index (κ2) is 12.5. The number of hydrogen-bond donors (Lipinski definition) is 1. The van der Waals surface area contributed by atoms with Gasteiger partial charge in [-0.25, -0.2) is 12.8 Å². The maximum atomic E-state index is 14.1. The van der Waals surface area contributed by atoms with Gasteiger partial charge in [0.1, 0.15) is 10.7 Å². The summed E-state index contributed by atoms with van der Waals surface area (Å²) in [5.41, 5.74) is 3.08. The molecule has 5 nitrogen and oxygen atoms in total. The Labute approximate surface area is 243 Å². The molecule has 4 aromatic carbocycles. The standard InChI is InChI=1S/C31H28Cl2FNO4S/c1-20(2)14-29(36)25-16-28(33)31(37)30(17-25)40(38,39)35(18-21-6-12-27(34)13-7-21)19-22-4-3-5-24(15-22)23-8-10-26(32)11-9-23/h3-13,15-17,20,37H,14,18-19H2,1-2H3. The zero-order chi connectivity index (χ0) is 29.0. The predicted molar refractivity (Wildman–Crippen MR) is 157 cm³/mol. The molecule has 0 aliphatic rings. The number of nitrogens with zero attached hydrogens (tertiary/aromatic N) is 1. The fourth-order valence-corrected chi connectivity index (χ4v) is 6.22. The first-order chi connectivity index (χ1) is 18.9. The van der Waals surface area contributed by atoms with Gasteiger partial charge in [0.05, 0.1) is 5.02 Å². The minimum atomic E-state index is -4.39. The molecular weight excluding hydrogens is 572 g/mol. The number of phenolic OH excluding ortho intramolecular Hbond substituents is 1. The summed E-state index contributed by atoms with van der Waals surface area (Å²) in [6.45, 7) is 3.57. The molecule has 9 heteroatoms. The predicted octanol–water partition coefficient (Wildman–Crippen LogP) is 8.13. The molecule has 0 saturated heterocycles. The number of rotatable bonds is 10. The third kappa shape index (κ3) is 7.09. The highest BCUT2D eigenvalue weighted by Crippen LogP contribution is 2.36. The molecule has 0 radical (unpaired) electrons. The molecule has 4 rings (SSSR count). The number of hydrogen-bond acceptors (Lipinski definition) is 4. The van der Waals surface area contributed by atoms with Crippen LogP contribution in [-0.2, 0) is 23.1 Å². The minimum absolute atomic E-state index is 0.0445. The van der Waals surface area contributed by atoms with Gasteiger partial charge in [-0.1, -0.05) is 79.5 Å². The number of Topliss-reactive ketones (excluding diaryl/α,β-unsaturated/α-hetero) is 1. The monoisotopic (exact) mass is 599 g/mol. The number of carbonyl (C=O) groups excluding carboxylic acids is 1. The van der Waals surface area contributed by atoms with Crippen molar-refractivity contribution >= 4 is 39.0 Å². The van der Waals surface area contributed by atoms with Crippen molar-refractivity contribution in [1.29, 1.82) is 0 Å². The Morgan fingerprint density at radius 2 is 1.52 bits per heavy atom. The van der Waals surface area contributed by atoms with Crippen LogP contribution in [-0.4, -0.2) is 23.6 Å². The van der Waals surface area contributed by atoms with E-state index < -0.39 is 26.5 Å². The van der Waals surface area contributed by atoms with Crippen LogP contribution >= 0.6 is 23.2 Å². The molecule has 0 unspecified atom stereocenters. The Balaban J connectivity index is 1.77. The zero-order valence-electron chi connectivity index (χ0n) is 21.9. The normalized spacial score (nSPS) is 11.8. The second-order valence-corrected chi connectivity index (χ2v) is 12.7. The SMILES string of the molecule is CC(C)CC(=O)c1cc(Cl)c(O)c(S(=O)(=O)N(Cc2ccc(F)cc2)Cc2cccc(-c3ccc(Cl)cc3)c2)c1. The Morgan fingerprint density at radius 1 is 0.875 bits per heavy atom. The molecule has 40 heavy (non-hydrogen) atoms. The van der Waals surface area contributed by atoms with Crippen LogP contribution in [0.25, 0.3) is 11.1 Å². The third-order valence-electron chi connectivity index (χ3n) is 6.30. The van der Waals surface area contributed by atoms with Crippen LogP contribution in [0.1, 0.15) is 41.8 Å². The average Bonchev–Trinajstić information content (AvgIpc) is 2.91. The quantitative estimate of drug-likeness (QED) is 0.187. The van der Waals surface area contributed by atoms with Crippen molar-refractivity contribution in [2.45, 2.75) is 38.3 Å². The molecular formula is C31H28Cl2FNO4S. The Kier molecular flexibility index (Phi) is 9.31. The summed E-state index contributed by atoms with van der Waals surface area (Å²) in [4.78, 5) is 12.3. The largest absolute Gasteiger partial charge is 0.505 e. The van der Waals surface area contributed by atoms with Gasteiger partial charge in [-0.05, 0) is 70.6 Å². The van der Waals surface area contributed by atoms with Gasteiger partial charge in [0, 0.05) is 30.1 Å². The Morgan fingerprint density at radius 3 is 2.17 bits per heavy atom. The summed E-state index contributed by atoms with van der Waals surface area (Å²) in [6, 6.07) is 22.6. The lowest BCUT2D eigenvalue weighted by molar-refractivity contribution is 0.0967. The van der Waals surface area contributed by atoms with Crippen LogP contribution in [0, 0.1) is 11.7 Å². The molecule has 0 aromatic heterocycles. The Hall–Kier alpha value is -3.23. The summed E-state index contributed by atoms with van der Waals surface area (Å²) in [6.07, 6.45) is 0.192. The summed E-state index contributed by atoms with van der Waals surface area (Å²) in [5.74, 6) is -1.33. The van der Waals surface area contributed by atoms with Gasteiger partial charge < -0.3 is 5.11 Å². The van der Waals surface area contributed by atoms with E-state index in [1.165, 1.54) is 40.7 Å². The molecule has 4 aromatic rings. The molecule has 208 valence electrons. The van der Waals surface area contributed by atoms with E-state index in [0.717, 1.165) is 11.1 Å². The first-order valence-corrected chi connectivity index (χ1v) is 14.8. The second-order valence-electron chi connectivity index (χ2n) is 9.93. The van der Waals surface area contributed by atoms with Crippen molar-refractivity contribution < 1.29 is 22.7 Å². The topological polar surface area (TPSA) is 74.7 Å². The van der Waals surface area contributed by atoms with E-state index >= 15 is 0 Å². The van der Waals surface area contributed by atoms with Gasteiger partial charge in [-0.15, -0.1) is 0 Å². The highest BCUT2D eigenvalue weighted by molar-refractivity contribution is 7.89. The van der Waals surface area contributed by atoms with Gasteiger partial charge in [0.25, 0.3) is 0 Å². The molecule has 0 amide bonds. The van der Waals surface area contributed by atoms with Crippen molar-refractivity contribution in [3.8, 4) is 16.9 Å². The smallest absolute Gasteiger partial charge is 0.247 e. The first-order valence-electron chi connectivity index (χ1n) is 12.6. The molecule has 0 fully saturated rings. The lowest BCUT2D eigenvalue weighted by Crippen LogP contribution is -2.30. The van der Waals surface area contributed by atoms with E-state index in [0.29, 0.717) is 16.1 Å². The lowest BCUT2D eigenvalue weighted by Gasteiger charge is -2.24. The zero-order valence-corrected chi connectivity index (χ0v) is 24.3. The lowest BCUT2D eigenvalue weighted by atomic mass is 10.0. The molecule has 0 bridgehead atoms. The summed E-state index contributed by atoms with van der Waals surface area (Å²) in [5, 5.41) is 11.1. The number of ketones is 1. The van der Waals surface area contributed by atoms with Crippen LogP contribution < -0.4 is 0 Å². The molecule has 0 aliphatic carbocycles. The molecule has 0 spiro atoms. The van der Waals surface area contributed by atoms with Crippen molar-refractivity contribution in [3.05, 3.63) is 117 Å². The van der Waals surface area contributed by atoms with Gasteiger partial charge in [-0.3, -0.25) is 4.79 Å². The van der Waals surface area contributed by atoms with E-state index in [1.54, 1.807) is 18.2 Å². The number of halogens is 3. The van der Waals surface area contributed by atoms with Crippen molar-refractivity contribution in [1.82, 2.24) is 4.31 Å². The molecule has 0 heterocycles. The molecule has 0 saturated carbocycles. The third-order valence-corrected chi connectivity index (χ3v) is 8.64. The molecule has 1 N–H and O–H groups in total. The fraction of sp³-hybridized carbons (Fsp3) is 0.194. The van der Waals surface area contributed by atoms with Crippen molar-refractivity contribution in [2.75, 3.05) is 0 Å². The van der Waals surface area contributed by atoms with Gasteiger partial charge in [0.2, 0.25) is 10.0 Å². The maximum Gasteiger partial charge on any atom is 0.247 e. The number of carbonyl (C=O) groups is 1. The van der Waals surface area contributed by atoms with Crippen molar-refractivity contribution in [2.24, 2.45) is 5.92 Å². The van der Waals surface area contributed by atoms with Crippen LogP contribution in [0.2, 0.25) is 10.0 Å². The van der Waals surface area contributed by atoms with E-state index in [4.69, 9.17) is 23.2 Å². The number of sulfonamides is 1. The summed E-state index contributed by atoms with van der Waals surface area (Å²) >= 11 is 12.2. The van der Waals surface area contributed by atoms with E-state index in [-0.39, 0.29) is 41.8 Å². The maximum absolute atomic E-state index is 14.1. The van der Waals surface area contributed by atoms with Gasteiger partial charge in [-0.2, -0.15) is 4.31 Å². The number of aromatic hydroxyl groups is 1. The van der Waals surface area contributed by atoms with Crippen LogP contribution in [0.15, 0.2) is 89.8 Å². The highest BCUT2D eigenvalue weighted by atomic mass is 35.5. The van der Waals surface area contributed by atoms with Crippen LogP contribution in [0.5, 0.6) is 5.75 Å². The highest BCUT2D eigenvalue weighted by Gasteiger charge is 2.30. The van der Waals surface area contributed by atoms with Crippen LogP contribution in [0.3, 0.4) is 0 Å². The molecule has 0 aliphatic heterocycles. The van der Waals surface area contributed by atoms with Crippen molar-refractivity contribution in [3.63, 3.8) is 0 Å². The van der Waals surface area contributed by atoms with Gasteiger partial charge in [0.15, 0.2) is 11.5 Å². The molecule has 0 atom stereocenters. The van der Waals surface area contributed by atoms with E-state index in [9.17, 15) is 22.7 Å². The number of benzene rings is 4. The fourth-order valence-electron chi connectivity index (χ4n) is 4.27. The average molecular weight is 601 g/mol. The summed E-state index contributed by atoms with van der Waals surface area (Å²) < 4.78 is 42.9.